The molecule has 5 rings (SSSR count). The highest BCUT2D eigenvalue weighted by Crippen LogP contribution is 2.31. The van der Waals surface area contributed by atoms with Crippen molar-refractivity contribution in [1.82, 2.24) is 9.78 Å². The second kappa shape index (κ2) is 8.66. The van der Waals surface area contributed by atoms with Crippen LogP contribution in [0.1, 0.15) is 56.7 Å². The lowest BCUT2D eigenvalue weighted by atomic mass is 10.0. The molecular formula is C25H25N5O4. The molecule has 2 N–H and O–H groups in total. The third-order valence-electron chi connectivity index (χ3n) is 5.61. The number of carbonyl (C=O) groups excluding carboxylic acids is 3. The monoisotopic (exact) mass is 467 g/mol. The zero-order valence-corrected chi connectivity index (χ0v) is 18.1. The van der Waals surface area contributed by atoms with Gasteiger partial charge in [-0.3, -0.25) is 14.4 Å². The number of nitrogens with zero attached hydrogens (tertiary/aromatic N) is 4. The Hall–Kier alpha value is -4.14. The van der Waals surface area contributed by atoms with Gasteiger partial charge in [0.2, 0.25) is 5.91 Å². The number of anilines is 2. The van der Waals surface area contributed by atoms with E-state index in [0.717, 1.165) is 9.80 Å². The smallest absolute Gasteiger partial charge is 0.277 e. The fraction of sp³-hybridized carbons (Fsp3) is 0.280. The van der Waals surface area contributed by atoms with E-state index in [-0.39, 0.29) is 35.6 Å². The Morgan fingerprint density at radius 3 is 2.32 bits per heavy atom. The quantitative estimate of drug-likeness (QED) is 0.620. The lowest BCUT2D eigenvalue weighted by molar-refractivity contribution is -0.119. The lowest BCUT2D eigenvalue weighted by Crippen LogP contribution is -2.39. The van der Waals surface area contributed by atoms with Crippen LogP contribution in [-0.2, 0) is 11.2 Å². The molecule has 174 valence electrons. The summed E-state index contributed by atoms with van der Waals surface area (Å²) in [7, 11) is 1.48. The van der Waals surface area contributed by atoms with Crippen LogP contribution in [0.4, 0.5) is 11.4 Å². The van der Waals surface area contributed by atoms with E-state index in [0.29, 0.717) is 11.4 Å². The van der Waals surface area contributed by atoms with E-state index in [2.05, 4.69) is 5.10 Å². The average molecular weight is 468 g/mol. The van der Waals surface area contributed by atoms with Crippen LogP contribution in [0.2, 0.25) is 0 Å². The Bertz CT molecular complexity index is 1630. The van der Waals surface area contributed by atoms with Gasteiger partial charge in [-0.25, -0.2) is 4.68 Å². The molecule has 1 fully saturated rings. The molecule has 3 heterocycles. The zero-order valence-electron chi connectivity index (χ0n) is 26.1. The summed E-state index contributed by atoms with van der Waals surface area (Å²) in [6, 6.07) is 3.74. The van der Waals surface area contributed by atoms with Gasteiger partial charge in [-0.15, -0.1) is 0 Å². The van der Waals surface area contributed by atoms with Crippen LogP contribution in [0.15, 0.2) is 48.4 Å². The molecule has 0 unspecified atom stereocenters. The number of aromatic nitrogens is 2. The molecule has 0 aliphatic carbocycles. The van der Waals surface area contributed by atoms with Crippen molar-refractivity contribution in [3.63, 3.8) is 0 Å². The molecule has 1 aromatic heterocycles. The first-order valence-electron chi connectivity index (χ1n) is 14.4. The Morgan fingerprint density at radius 2 is 1.68 bits per heavy atom. The van der Waals surface area contributed by atoms with Crippen LogP contribution >= 0.6 is 0 Å². The van der Waals surface area contributed by atoms with Crippen molar-refractivity contribution >= 4 is 29.1 Å². The molecule has 0 atom stereocenters. The molecule has 2 aliphatic heterocycles. The summed E-state index contributed by atoms with van der Waals surface area (Å²) < 4.78 is 72.8. The first kappa shape index (κ1) is 14.2. The van der Waals surface area contributed by atoms with Gasteiger partial charge in [0.05, 0.1) is 18.3 Å². The minimum Gasteiger partial charge on any atom is -0.497 e. The number of hydrogen-bond acceptors (Lipinski definition) is 5. The Balaban J connectivity index is 1.61. The van der Waals surface area contributed by atoms with Gasteiger partial charge < -0.3 is 20.3 Å². The SMILES string of the molecule is [2H]c1c([2H])c(N2CCc3c(C(N)=O)nn(-c4ccc(OC)cc4)c3C2=O)c([2H])c([2H])c1N1CC([2H])([2H])C([2H])([2H])CC1=O. The number of primary amides is 1. The number of amides is 3. The van der Waals surface area contributed by atoms with Crippen molar-refractivity contribution in [1.29, 1.82) is 0 Å². The lowest BCUT2D eigenvalue weighted by Gasteiger charge is -2.29. The summed E-state index contributed by atoms with van der Waals surface area (Å²) >= 11 is 0. The van der Waals surface area contributed by atoms with Crippen molar-refractivity contribution in [3.05, 3.63) is 65.4 Å². The predicted molar refractivity (Wildman–Crippen MR) is 127 cm³/mol. The van der Waals surface area contributed by atoms with Gasteiger partial charge in [0, 0.05) is 41.9 Å². The van der Waals surface area contributed by atoms with Crippen LogP contribution in [0.3, 0.4) is 0 Å². The van der Waals surface area contributed by atoms with E-state index >= 15 is 0 Å². The summed E-state index contributed by atoms with van der Waals surface area (Å²) in [6.45, 7) is -0.959. The van der Waals surface area contributed by atoms with E-state index in [1.807, 2.05) is 0 Å². The summed E-state index contributed by atoms with van der Waals surface area (Å²) in [4.78, 5) is 40.7. The Labute approximate surface area is 207 Å². The first-order chi connectivity index (χ1) is 19.6. The number of piperidine rings is 1. The third kappa shape index (κ3) is 3.68. The van der Waals surface area contributed by atoms with Crippen LogP contribution < -0.4 is 20.3 Å². The predicted octanol–water partition coefficient (Wildman–Crippen LogP) is 2.70. The molecule has 9 heteroatoms. The normalized spacial score (nSPS) is 22.3. The van der Waals surface area contributed by atoms with E-state index in [4.69, 9.17) is 21.4 Å². The topological polar surface area (TPSA) is 111 Å². The molecular weight excluding hydrogens is 434 g/mol. The van der Waals surface area contributed by atoms with Gasteiger partial charge in [-0.05, 0) is 67.6 Å². The molecule has 2 aromatic carbocycles. The fourth-order valence-electron chi connectivity index (χ4n) is 3.91. The van der Waals surface area contributed by atoms with Crippen molar-refractivity contribution in [2.45, 2.75) is 25.6 Å². The number of nitrogens with two attached hydrogens (primary N) is 1. The molecule has 0 spiro atoms. The maximum absolute atomic E-state index is 13.9. The van der Waals surface area contributed by atoms with E-state index in [9.17, 15) is 14.4 Å². The molecule has 1 saturated heterocycles. The maximum atomic E-state index is 13.9. The van der Waals surface area contributed by atoms with Gasteiger partial charge in [0.25, 0.3) is 11.8 Å². The minimum atomic E-state index is -2.53. The largest absolute Gasteiger partial charge is 0.497 e. The minimum absolute atomic E-state index is 0.0523. The van der Waals surface area contributed by atoms with Crippen LogP contribution in [0.5, 0.6) is 5.75 Å². The van der Waals surface area contributed by atoms with Gasteiger partial charge in [0.1, 0.15) is 11.4 Å². The summed E-state index contributed by atoms with van der Waals surface area (Å²) in [5.74, 6) is -1.99. The number of carbonyl (C=O) groups is 3. The third-order valence-corrected chi connectivity index (χ3v) is 5.61. The molecule has 0 bridgehead atoms. The number of hydrogen-bond donors (Lipinski definition) is 1. The first-order valence-corrected chi connectivity index (χ1v) is 10.4. The van der Waals surface area contributed by atoms with Gasteiger partial charge in [0.15, 0.2) is 5.69 Å². The summed E-state index contributed by atoms with van der Waals surface area (Å²) in [6.07, 6.45) is -5.82. The van der Waals surface area contributed by atoms with Crippen LogP contribution in [0, 0.1) is 0 Å². The van der Waals surface area contributed by atoms with Crippen molar-refractivity contribution in [3.8, 4) is 11.4 Å². The Kier molecular flexibility index (Phi) is 3.62. The Morgan fingerprint density at radius 1 is 1.00 bits per heavy atom. The summed E-state index contributed by atoms with van der Waals surface area (Å²) in [5.41, 5.74) is 5.13. The van der Waals surface area contributed by atoms with Crippen LogP contribution in [-0.4, -0.2) is 47.7 Å². The average Bonchev–Trinajstić information content (AvgIpc) is 3.32. The molecule has 0 saturated carbocycles. The van der Waals surface area contributed by atoms with Crippen molar-refractivity contribution in [2.24, 2.45) is 5.73 Å². The number of ether oxygens (including phenoxy) is 1. The van der Waals surface area contributed by atoms with E-state index < -0.39 is 73.3 Å². The second-order valence-electron chi connectivity index (χ2n) is 7.56. The van der Waals surface area contributed by atoms with Gasteiger partial charge >= 0.3 is 0 Å². The standard InChI is InChI=1S/C25H25N5O4/c1-34-19-11-9-18(10-12-19)30-23-20(22(27-30)24(26)32)13-15-29(25(23)33)17-7-5-16(6-8-17)28-14-3-2-4-21(28)31/h5-12H,2-4,13-15H2,1H3,(H2,26,32)/i2D2,3D2,5D,6D,7D,8D. The number of fused-ring (bicyclic) bond motifs is 1. The molecule has 3 aromatic rings. The van der Waals surface area contributed by atoms with E-state index in [1.54, 1.807) is 24.3 Å². The summed E-state index contributed by atoms with van der Waals surface area (Å²) in [5, 5.41) is 4.26. The molecule has 9 nitrogen and oxygen atoms in total. The highest BCUT2D eigenvalue weighted by atomic mass is 16.5. The van der Waals surface area contributed by atoms with Gasteiger partial charge in [-0.2, -0.15) is 5.10 Å². The molecule has 0 radical (unpaired) electrons. The molecule has 3 amide bonds. The maximum Gasteiger partial charge on any atom is 0.277 e. The number of rotatable bonds is 5. The second-order valence-corrected chi connectivity index (χ2v) is 7.56. The molecule has 34 heavy (non-hydrogen) atoms. The number of methoxy groups -OCH3 is 1. The van der Waals surface area contributed by atoms with Gasteiger partial charge in [-0.1, -0.05) is 0 Å². The highest BCUT2D eigenvalue weighted by molar-refractivity contribution is 6.09. The number of benzene rings is 2. The fourth-order valence-corrected chi connectivity index (χ4v) is 3.91. The van der Waals surface area contributed by atoms with Crippen molar-refractivity contribution < 1.29 is 30.1 Å². The molecule has 2 aliphatic rings. The zero-order chi connectivity index (χ0) is 30.9. The van der Waals surface area contributed by atoms with Crippen molar-refractivity contribution in [2.75, 3.05) is 30.0 Å². The highest BCUT2D eigenvalue weighted by Gasteiger charge is 2.34. The van der Waals surface area contributed by atoms with Crippen LogP contribution in [0.25, 0.3) is 5.69 Å². The van der Waals surface area contributed by atoms with E-state index in [1.165, 1.54) is 11.8 Å².